The summed E-state index contributed by atoms with van der Waals surface area (Å²) in [7, 11) is 0.182. The van der Waals surface area contributed by atoms with Gasteiger partial charge in [0.2, 0.25) is 0 Å². The van der Waals surface area contributed by atoms with E-state index in [4.69, 9.17) is 4.74 Å². The van der Waals surface area contributed by atoms with E-state index in [1.54, 1.807) is 0 Å². The largest absolute Gasteiger partial charge is 0.452 e. The van der Waals surface area contributed by atoms with E-state index in [1.807, 2.05) is 11.7 Å². The normalized spacial score (nSPS) is 12.9. The monoisotopic (exact) mass is 248 g/mol. The Morgan fingerprint density at radius 2 is 1.40 bits per heavy atom. The number of hydrogen-bond acceptors (Lipinski definition) is 3. The molecule has 90 valence electrons. The van der Waals surface area contributed by atoms with Crippen molar-refractivity contribution in [3.05, 3.63) is 0 Å². The highest BCUT2D eigenvalue weighted by molar-refractivity contribution is 6.78. The molecule has 0 saturated carbocycles. The molecular formula is C9H24N2O2Si2. The van der Waals surface area contributed by atoms with E-state index in [2.05, 4.69) is 44.0 Å². The van der Waals surface area contributed by atoms with Gasteiger partial charge in [-0.15, -0.1) is 0 Å². The molecule has 0 unspecified atom stereocenters. The van der Waals surface area contributed by atoms with Crippen LogP contribution in [0.1, 0.15) is 0 Å². The molecule has 0 aromatic carbocycles. The maximum absolute atomic E-state index is 11.8. The second-order valence-corrected chi connectivity index (χ2v) is 15.4. The Hall–Kier alpha value is -0.336. The Bertz CT molecular complexity index is 233. The molecule has 0 fully saturated rings. The number of amides is 1. The summed E-state index contributed by atoms with van der Waals surface area (Å²) in [6.45, 7) is 13.1. The van der Waals surface area contributed by atoms with Gasteiger partial charge in [0, 0.05) is 0 Å². The molecule has 0 aliphatic rings. The van der Waals surface area contributed by atoms with Crippen LogP contribution in [-0.2, 0) is 4.74 Å². The number of carbonyl (C=O) groups is 1. The van der Waals surface area contributed by atoms with Crippen LogP contribution in [0.15, 0.2) is 0 Å². The van der Waals surface area contributed by atoms with Gasteiger partial charge < -0.3 is 4.74 Å². The maximum atomic E-state index is 11.8. The van der Waals surface area contributed by atoms with Gasteiger partial charge >= 0.3 is 6.09 Å². The van der Waals surface area contributed by atoms with Crippen molar-refractivity contribution in [1.29, 1.82) is 0 Å². The van der Waals surface area contributed by atoms with Crippen molar-refractivity contribution in [3.63, 3.8) is 0 Å². The summed E-state index contributed by atoms with van der Waals surface area (Å²) in [6, 6.07) is 0. The number of nitrogens with zero attached hydrogens (tertiary/aromatic N) is 2. The minimum atomic E-state index is -1.72. The summed E-state index contributed by atoms with van der Waals surface area (Å²) in [4.78, 5) is 11.8. The lowest BCUT2D eigenvalue weighted by Gasteiger charge is -2.45. The lowest BCUT2D eigenvalue weighted by atomic mass is 11.2. The van der Waals surface area contributed by atoms with Crippen LogP contribution >= 0.6 is 0 Å². The quantitative estimate of drug-likeness (QED) is 0.568. The Labute approximate surface area is 95.3 Å². The first kappa shape index (κ1) is 14.7. The van der Waals surface area contributed by atoms with Gasteiger partial charge in [-0.3, -0.25) is 9.35 Å². The highest BCUT2D eigenvalue weighted by atomic mass is 28.3. The molecule has 0 rings (SSSR count). The molecule has 15 heavy (non-hydrogen) atoms. The summed E-state index contributed by atoms with van der Waals surface area (Å²) < 4.78 is 8.79. The standard InChI is InChI=1S/C9H24N2O2Si2/c1-10(14(3,4)5)11(9(12)13-2)15(6,7)8/h1-8H3. The third-order valence-electron chi connectivity index (χ3n) is 2.25. The molecular weight excluding hydrogens is 224 g/mol. The number of hydrazine groups is 1. The molecule has 4 nitrogen and oxygen atoms in total. The molecule has 0 N–H and O–H groups in total. The zero-order chi connectivity index (χ0) is 12.4. The van der Waals surface area contributed by atoms with E-state index >= 15 is 0 Å². The van der Waals surface area contributed by atoms with Gasteiger partial charge in [0.1, 0.15) is 8.24 Å². The lowest BCUT2D eigenvalue weighted by Crippen LogP contribution is -2.64. The zero-order valence-electron chi connectivity index (χ0n) is 11.2. The van der Waals surface area contributed by atoms with Crippen molar-refractivity contribution < 1.29 is 9.53 Å². The summed E-state index contributed by atoms with van der Waals surface area (Å²) >= 11 is 0. The second kappa shape index (κ2) is 4.67. The van der Waals surface area contributed by atoms with Crippen molar-refractivity contribution in [3.8, 4) is 0 Å². The Morgan fingerprint density at radius 3 is 1.60 bits per heavy atom. The predicted molar refractivity (Wildman–Crippen MR) is 68.7 cm³/mol. The van der Waals surface area contributed by atoms with Crippen molar-refractivity contribution in [2.45, 2.75) is 39.3 Å². The first-order valence-corrected chi connectivity index (χ1v) is 12.0. The van der Waals surface area contributed by atoms with Gasteiger partial charge in [0.25, 0.3) is 0 Å². The van der Waals surface area contributed by atoms with E-state index in [1.165, 1.54) is 7.11 Å². The first-order valence-electron chi connectivity index (χ1n) is 5.13. The zero-order valence-corrected chi connectivity index (χ0v) is 13.2. The molecule has 0 aromatic heterocycles. The molecule has 0 radical (unpaired) electrons. The molecule has 0 spiro atoms. The van der Waals surface area contributed by atoms with Crippen LogP contribution in [0.3, 0.4) is 0 Å². The van der Waals surface area contributed by atoms with Crippen LogP contribution in [0.5, 0.6) is 0 Å². The van der Waals surface area contributed by atoms with Crippen molar-refractivity contribution >= 4 is 22.6 Å². The molecule has 1 amide bonds. The number of rotatable bonds is 3. The second-order valence-electron chi connectivity index (χ2n) is 5.65. The summed E-state index contributed by atoms with van der Waals surface area (Å²) in [5.74, 6) is 0. The molecule has 0 atom stereocenters. The molecule has 0 bridgehead atoms. The molecule has 0 aliphatic heterocycles. The predicted octanol–water partition coefficient (Wildman–Crippen LogP) is 2.57. The average molecular weight is 248 g/mol. The summed E-state index contributed by atoms with van der Waals surface area (Å²) in [6.07, 6.45) is -0.237. The molecule has 0 aliphatic carbocycles. The van der Waals surface area contributed by atoms with Gasteiger partial charge in [0.05, 0.1) is 7.11 Å². The van der Waals surface area contributed by atoms with Crippen molar-refractivity contribution in [2.75, 3.05) is 14.2 Å². The number of ether oxygens (including phenoxy) is 1. The van der Waals surface area contributed by atoms with E-state index in [0.717, 1.165) is 0 Å². The minimum absolute atomic E-state index is 0.237. The SMILES string of the molecule is COC(=O)N(N(C)[Si](C)(C)C)[Si](C)(C)C. The highest BCUT2D eigenvalue weighted by Crippen LogP contribution is 2.19. The number of hydrogen-bond donors (Lipinski definition) is 0. The van der Waals surface area contributed by atoms with E-state index in [0.29, 0.717) is 0 Å². The highest BCUT2D eigenvalue weighted by Gasteiger charge is 2.38. The summed E-state index contributed by atoms with van der Waals surface area (Å²) in [5.41, 5.74) is 0. The van der Waals surface area contributed by atoms with Crippen LogP contribution < -0.4 is 0 Å². The van der Waals surface area contributed by atoms with Crippen LogP contribution in [0, 0.1) is 0 Å². The van der Waals surface area contributed by atoms with Crippen LogP contribution in [0.2, 0.25) is 39.3 Å². The maximum Gasteiger partial charge on any atom is 0.415 e. The Morgan fingerprint density at radius 1 is 1.00 bits per heavy atom. The minimum Gasteiger partial charge on any atom is -0.452 e. The first-order chi connectivity index (χ1) is 6.51. The number of carbonyl (C=O) groups excluding carboxylic acids is 1. The van der Waals surface area contributed by atoms with Crippen LogP contribution in [-0.4, -0.2) is 46.1 Å². The Kier molecular flexibility index (Phi) is 4.56. The van der Waals surface area contributed by atoms with Gasteiger partial charge in [-0.25, -0.2) is 4.79 Å². The molecule has 0 saturated heterocycles. The van der Waals surface area contributed by atoms with Crippen molar-refractivity contribution in [2.24, 2.45) is 0 Å². The van der Waals surface area contributed by atoms with Gasteiger partial charge in [-0.1, -0.05) is 39.3 Å². The fourth-order valence-corrected chi connectivity index (χ4v) is 5.25. The van der Waals surface area contributed by atoms with Crippen LogP contribution in [0.4, 0.5) is 4.79 Å². The van der Waals surface area contributed by atoms with Gasteiger partial charge in [0.15, 0.2) is 8.24 Å². The number of methoxy groups -OCH3 is 1. The summed E-state index contributed by atoms with van der Waals surface area (Å²) in [5, 5.41) is 0. The van der Waals surface area contributed by atoms with E-state index in [-0.39, 0.29) is 6.09 Å². The van der Waals surface area contributed by atoms with E-state index < -0.39 is 16.5 Å². The van der Waals surface area contributed by atoms with Gasteiger partial charge in [-0.05, 0) is 7.05 Å². The third-order valence-corrected chi connectivity index (χ3v) is 6.35. The third kappa shape index (κ3) is 3.96. The fourth-order valence-electron chi connectivity index (χ4n) is 1.23. The lowest BCUT2D eigenvalue weighted by molar-refractivity contribution is 0.0990. The molecule has 6 heteroatoms. The fraction of sp³-hybridized carbons (Fsp3) is 0.889. The topological polar surface area (TPSA) is 32.8 Å². The van der Waals surface area contributed by atoms with Crippen molar-refractivity contribution in [1.82, 2.24) is 9.35 Å². The molecule has 0 heterocycles. The van der Waals surface area contributed by atoms with Crippen LogP contribution in [0.25, 0.3) is 0 Å². The van der Waals surface area contributed by atoms with Gasteiger partial charge in [-0.2, -0.15) is 0 Å². The average Bonchev–Trinajstić information content (AvgIpc) is 1.99. The smallest absolute Gasteiger partial charge is 0.415 e. The Balaban J connectivity index is 5.05. The van der Waals surface area contributed by atoms with E-state index in [9.17, 15) is 4.79 Å². The molecule has 0 aromatic rings.